The van der Waals surface area contributed by atoms with Crippen LogP contribution >= 0.6 is 0 Å². The Morgan fingerprint density at radius 1 is 0.500 bits per heavy atom. The van der Waals surface area contributed by atoms with Crippen LogP contribution in [0.25, 0.3) is 0 Å². The Labute approximate surface area is 212 Å². The van der Waals surface area contributed by atoms with Gasteiger partial charge in [-0.25, -0.2) is 0 Å². The van der Waals surface area contributed by atoms with E-state index in [1.54, 1.807) is 0 Å². The molecule has 0 aliphatic rings. The largest absolute Gasteiger partial charge is 0.340 e. The summed E-state index contributed by atoms with van der Waals surface area (Å²) in [5.74, 6) is 2.55. The van der Waals surface area contributed by atoms with Gasteiger partial charge in [-0.1, -0.05) is 46.5 Å². The van der Waals surface area contributed by atoms with Gasteiger partial charge in [0, 0.05) is 111 Å². The molecule has 6 radical (unpaired) electrons. The average Bonchev–Trinajstić information content (AvgIpc) is 2.25. The molecule has 0 aromatic heterocycles. The summed E-state index contributed by atoms with van der Waals surface area (Å²) in [6, 6.07) is 0. The van der Waals surface area contributed by atoms with Crippen molar-refractivity contribution in [2.24, 2.45) is 23.7 Å². The fourth-order valence-corrected chi connectivity index (χ4v) is 2.40. The molecule has 0 aromatic rings. The summed E-state index contributed by atoms with van der Waals surface area (Å²) < 4.78 is 0. The van der Waals surface area contributed by atoms with Gasteiger partial charge in [0.1, 0.15) is 0 Å². The van der Waals surface area contributed by atoms with Crippen molar-refractivity contribution in [2.45, 2.75) is 59.3 Å². The summed E-state index contributed by atoms with van der Waals surface area (Å²) in [4.78, 5) is 0. The minimum atomic E-state index is 0. The van der Waals surface area contributed by atoms with Crippen LogP contribution in [0.3, 0.4) is 0 Å². The molecule has 0 spiro atoms. The molecule has 0 aliphatic carbocycles. The molecule has 0 N–H and O–H groups in total. The normalized spacial score (nSPS) is 12.7. The Balaban J connectivity index is -0.0000000750. The molecule has 0 amide bonds. The number of hydrogen-bond acceptors (Lipinski definition) is 0. The first-order chi connectivity index (χ1) is 7.53. The third-order valence-corrected chi connectivity index (χ3v) is 3.73. The van der Waals surface area contributed by atoms with Gasteiger partial charge in [0.2, 0.25) is 0 Å². The fraction of sp³-hybridized carbons (Fsp3) is 0.812. The first-order valence-corrected chi connectivity index (χ1v) is 7.02. The Hall–Kier alpha value is 3.51. The van der Waals surface area contributed by atoms with Crippen LogP contribution < -0.4 is 0 Å². The van der Waals surface area contributed by atoms with Gasteiger partial charge in [-0.15, -0.1) is 12.8 Å². The number of hydrogen-bond donors (Lipinski definition) is 0. The minimum absolute atomic E-state index is 0. The van der Waals surface area contributed by atoms with Crippen molar-refractivity contribution >= 4 is 0 Å². The van der Waals surface area contributed by atoms with Crippen molar-refractivity contribution in [3.8, 4) is 0 Å². The maximum absolute atomic E-state index is 4.29. The third kappa shape index (κ3) is 25.7. The predicted molar refractivity (Wildman–Crippen MR) is 74.8 cm³/mol. The summed E-state index contributed by atoms with van der Waals surface area (Å²) in [7, 11) is 0. The van der Waals surface area contributed by atoms with Gasteiger partial charge >= 0.3 is 0 Å². The van der Waals surface area contributed by atoms with E-state index < -0.39 is 0 Å². The van der Waals surface area contributed by atoms with Crippen LogP contribution in [0.4, 0.5) is 0 Å². The minimum Gasteiger partial charge on any atom is -0.340 e. The summed E-state index contributed by atoms with van der Waals surface area (Å²) in [6.45, 7) is 19.4. The smallest absolute Gasteiger partial charge is 0 e. The Morgan fingerprint density at radius 3 is 1.14 bits per heavy atom. The van der Waals surface area contributed by atoms with Gasteiger partial charge in [-0.3, -0.25) is 0 Å². The van der Waals surface area contributed by atoms with Crippen molar-refractivity contribution in [3.05, 3.63) is 20.8 Å². The fourth-order valence-electron chi connectivity index (χ4n) is 2.40. The van der Waals surface area contributed by atoms with E-state index in [4.69, 9.17) is 0 Å². The molecule has 3 atom stereocenters. The van der Waals surface area contributed by atoms with Crippen LogP contribution in [-0.2, 0) is 111 Å². The van der Waals surface area contributed by atoms with E-state index >= 15 is 0 Å². The van der Waals surface area contributed by atoms with Gasteiger partial charge in [-0.05, 0) is 5.92 Å². The summed E-state index contributed by atoms with van der Waals surface area (Å²) in [5.41, 5.74) is 0. The Morgan fingerprint density at radius 2 is 0.818 bits per heavy atom. The molecule has 0 saturated carbocycles. The molecule has 0 heterocycles. The van der Waals surface area contributed by atoms with E-state index in [0.29, 0.717) is 17.8 Å². The van der Waals surface area contributed by atoms with Gasteiger partial charge in [0.15, 0.2) is 0 Å². The molecular weight excluding hydrogens is 498 g/mol. The quantitative estimate of drug-likeness (QED) is 0.354. The van der Waals surface area contributed by atoms with Crippen LogP contribution in [0.2, 0.25) is 0 Å². The van der Waals surface area contributed by atoms with Gasteiger partial charge < -0.3 is 20.8 Å². The van der Waals surface area contributed by atoms with Crippen molar-refractivity contribution in [1.29, 1.82) is 0 Å². The molecule has 0 rings (SSSR count). The van der Waals surface area contributed by atoms with Crippen LogP contribution in [0.15, 0.2) is 0 Å². The summed E-state index contributed by atoms with van der Waals surface area (Å²) in [5, 5.41) is 0. The van der Waals surface area contributed by atoms with Crippen molar-refractivity contribution < 1.29 is 111 Å². The first kappa shape index (κ1) is 44.7. The van der Waals surface area contributed by atoms with Crippen molar-refractivity contribution in [2.75, 3.05) is 0 Å². The zero-order valence-corrected chi connectivity index (χ0v) is 22.7. The summed E-state index contributed by atoms with van der Waals surface area (Å²) in [6.07, 6.45) is 7.34. The predicted octanol–water partition coefficient (Wildman–Crippen LogP) is 5.34. The van der Waals surface area contributed by atoms with E-state index in [1.807, 2.05) is 0 Å². The topological polar surface area (TPSA) is 0 Å². The molecule has 0 saturated heterocycles. The van der Waals surface area contributed by atoms with Gasteiger partial charge in [-0.2, -0.15) is 17.8 Å². The van der Waals surface area contributed by atoms with Gasteiger partial charge in [0.25, 0.3) is 0 Å². The molecule has 22 heavy (non-hydrogen) atoms. The monoisotopic (exact) mass is 529 g/mol. The molecule has 0 bridgehead atoms. The standard InChI is InChI=1S/C16H31.6V/c1-7-13(4)10-14(5)11-15(6)12-16(8-2)9-3;;;;;;/h13-16H,4-12H2,1-3H3;;;;;;/q-3;;;;;;. The molecule has 6 heteroatoms. The molecule has 3 unspecified atom stereocenters. The first-order valence-electron chi connectivity index (χ1n) is 7.02. The van der Waals surface area contributed by atoms with Crippen LogP contribution in [0.5, 0.6) is 0 Å². The SMILES string of the molecule is [CH2-]C(CC)CC([CH2-])CC([CH2-])CC(CC)CC.[V].[V].[V].[V].[V].[V]. The van der Waals surface area contributed by atoms with Crippen LogP contribution in [0, 0.1) is 44.4 Å². The zero-order valence-electron chi connectivity index (χ0n) is 14.4. The van der Waals surface area contributed by atoms with Crippen LogP contribution in [-0.4, -0.2) is 0 Å². The molecule has 0 fully saturated rings. The number of rotatable bonds is 9. The zero-order chi connectivity index (χ0) is 12.6. The maximum Gasteiger partial charge on any atom is 0 e. The van der Waals surface area contributed by atoms with E-state index in [0.717, 1.165) is 12.3 Å². The van der Waals surface area contributed by atoms with Crippen LogP contribution in [0.1, 0.15) is 59.3 Å². The van der Waals surface area contributed by atoms with Crippen molar-refractivity contribution in [1.82, 2.24) is 0 Å². The maximum atomic E-state index is 4.29. The molecule has 0 aromatic carbocycles. The van der Waals surface area contributed by atoms with E-state index in [9.17, 15) is 0 Å². The third-order valence-electron chi connectivity index (χ3n) is 3.73. The van der Waals surface area contributed by atoms with Gasteiger partial charge in [0.05, 0.1) is 0 Å². The van der Waals surface area contributed by atoms with E-state index in [1.165, 1.54) is 32.1 Å². The Kier molecular flexibility index (Phi) is 59.5. The molecule has 0 nitrogen and oxygen atoms in total. The molecule has 0 aliphatic heterocycles. The van der Waals surface area contributed by atoms with Crippen molar-refractivity contribution in [3.63, 3.8) is 0 Å². The van der Waals surface area contributed by atoms with E-state index in [2.05, 4.69) is 41.5 Å². The second-order valence-electron chi connectivity index (χ2n) is 5.40. The average molecular weight is 529 g/mol. The molecular formula is C16H31V6-3. The second-order valence-corrected chi connectivity index (χ2v) is 5.40. The second kappa shape index (κ2) is 29.3. The van der Waals surface area contributed by atoms with E-state index in [-0.39, 0.29) is 111 Å². The summed E-state index contributed by atoms with van der Waals surface area (Å²) >= 11 is 0. The Bertz CT molecular complexity index is 165. The molecule has 128 valence electrons.